The van der Waals surface area contributed by atoms with Crippen LogP contribution in [0.5, 0.6) is 5.75 Å². The van der Waals surface area contributed by atoms with Gasteiger partial charge in [0.15, 0.2) is 6.61 Å². The number of ether oxygens (including phenoxy) is 1. The summed E-state index contributed by atoms with van der Waals surface area (Å²) in [5.74, 6) is -0.601. The third-order valence-electron chi connectivity index (χ3n) is 3.67. The second-order valence-electron chi connectivity index (χ2n) is 5.46. The molecule has 0 fully saturated rings. The molecule has 1 heterocycles. The quantitative estimate of drug-likeness (QED) is 0.922. The Balaban J connectivity index is 1.96. The summed E-state index contributed by atoms with van der Waals surface area (Å²) in [6.45, 7) is 1.61. The van der Waals surface area contributed by atoms with Crippen molar-refractivity contribution in [2.75, 3.05) is 23.3 Å². The van der Waals surface area contributed by atoms with E-state index in [9.17, 15) is 17.6 Å². The predicted molar refractivity (Wildman–Crippen MR) is 87.3 cm³/mol. The molecule has 126 valence electrons. The normalized spacial score (nSPS) is 14.1. The molecule has 0 saturated heterocycles. The number of likely N-dealkylation sites (N-methyl/N-ethyl adjacent to an activating group) is 1. The Kier molecular flexibility index (Phi) is 3.92. The summed E-state index contributed by atoms with van der Waals surface area (Å²) in [5.41, 5.74) is 1.27. The zero-order valence-electron chi connectivity index (χ0n) is 13.0. The molecule has 0 aliphatic carbocycles. The lowest BCUT2D eigenvalue weighted by Crippen LogP contribution is -2.35. The smallest absolute Gasteiger partial charge is 0.264 e. The Morgan fingerprint density at radius 2 is 1.96 bits per heavy atom. The molecular weight excluding hydrogens is 335 g/mol. The number of hydrogen-bond acceptors (Lipinski definition) is 4. The van der Waals surface area contributed by atoms with Crippen LogP contribution in [-0.4, -0.2) is 28.0 Å². The van der Waals surface area contributed by atoms with Crippen molar-refractivity contribution in [3.05, 3.63) is 47.8 Å². The van der Waals surface area contributed by atoms with Crippen LogP contribution >= 0.6 is 0 Å². The maximum Gasteiger partial charge on any atom is 0.264 e. The van der Waals surface area contributed by atoms with E-state index in [4.69, 9.17) is 4.74 Å². The molecular formula is C16H15FN2O4S. The lowest BCUT2D eigenvalue weighted by Gasteiger charge is -2.26. The number of nitrogens with one attached hydrogen (secondary N) is 1. The van der Waals surface area contributed by atoms with E-state index in [0.717, 1.165) is 6.07 Å². The van der Waals surface area contributed by atoms with Crippen molar-refractivity contribution in [1.29, 1.82) is 0 Å². The van der Waals surface area contributed by atoms with E-state index in [1.54, 1.807) is 20.0 Å². The molecule has 3 rings (SSSR count). The van der Waals surface area contributed by atoms with E-state index in [2.05, 4.69) is 4.72 Å². The van der Waals surface area contributed by atoms with Gasteiger partial charge < -0.3 is 9.64 Å². The number of nitrogens with zero attached hydrogens (tertiary/aromatic N) is 1. The van der Waals surface area contributed by atoms with Gasteiger partial charge in [-0.1, -0.05) is 6.07 Å². The van der Waals surface area contributed by atoms with Gasteiger partial charge >= 0.3 is 0 Å². The van der Waals surface area contributed by atoms with Gasteiger partial charge in [-0.3, -0.25) is 9.52 Å². The van der Waals surface area contributed by atoms with Crippen molar-refractivity contribution < 1.29 is 22.3 Å². The monoisotopic (exact) mass is 350 g/mol. The standard InChI is InChI=1S/C16H15FN2O4S/c1-10-3-5-12(17)15(7-10)24(21,22)18-11-4-6-14-13(8-11)19(2)16(20)9-23-14/h3-8,18H,9H2,1-2H3. The van der Waals surface area contributed by atoms with Crippen LogP contribution in [0.1, 0.15) is 5.56 Å². The van der Waals surface area contributed by atoms with E-state index >= 15 is 0 Å². The number of benzene rings is 2. The summed E-state index contributed by atoms with van der Waals surface area (Å²) in [7, 11) is -2.52. The molecule has 1 aliphatic rings. The first-order valence-corrected chi connectivity index (χ1v) is 8.58. The van der Waals surface area contributed by atoms with Gasteiger partial charge in [0.05, 0.1) is 11.4 Å². The molecule has 0 radical (unpaired) electrons. The van der Waals surface area contributed by atoms with Crippen molar-refractivity contribution in [1.82, 2.24) is 0 Å². The van der Waals surface area contributed by atoms with E-state index in [1.807, 2.05) is 0 Å². The van der Waals surface area contributed by atoms with Crippen LogP contribution in [0.4, 0.5) is 15.8 Å². The Hall–Kier alpha value is -2.61. The van der Waals surface area contributed by atoms with Crippen molar-refractivity contribution in [3.8, 4) is 5.75 Å². The minimum absolute atomic E-state index is 0.0664. The maximum atomic E-state index is 13.9. The van der Waals surface area contributed by atoms with E-state index in [-0.39, 0.29) is 18.2 Å². The van der Waals surface area contributed by atoms with Gasteiger partial charge in [0.2, 0.25) is 0 Å². The van der Waals surface area contributed by atoms with Gasteiger partial charge in [0.25, 0.3) is 15.9 Å². The van der Waals surface area contributed by atoms with Crippen LogP contribution in [0.15, 0.2) is 41.3 Å². The summed E-state index contributed by atoms with van der Waals surface area (Å²) in [5, 5.41) is 0. The maximum absolute atomic E-state index is 13.9. The second-order valence-corrected chi connectivity index (χ2v) is 7.11. The Morgan fingerprint density at radius 1 is 1.21 bits per heavy atom. The molecule has 2 aromatic rings. The minimum Gasteiger partial charge on any atom is -0.482 e. The van der Waals surface area contributed by atoms with Crippen LogP contribution in [-0.2, 0) is 14.8 Å². The molecule has 0 spiro atoms. The number of rotatable bonds is 3. The number of aryl methyl sites for hydroxylation is 1. The first-order chi connectivity index (χ1) is 11.3. The number of sulfonamides is 1. The zero-order valence-corrected chi connectivity index (χ0v) is 13.9. The SMILES string of the molecule is Cc1ccc(F)c(S(=O)(=O)Nc2ccc3c(c2)N(C)C(=O)CO3)c1. The van der Waals surface area contributed by atoms with Gasteiger partial charge in [0, 0.05) is 7.05 Å². The summed E-state index contributed by atoms with van der Waals surface area (Å²) < 4.78 is 46.3. The van der Waals surface area contributed by atoms with Crippen molar-refractivity contribution >= 4 is 27.3 Å². The highest BCUT2D eigenvalue weighted by Crippen LogP contribution is 2.34. The highest BCUT2D eigenvalue weighted by atomic mass is 32.2. The Morgan fingerprint density at radius 3 is 2.71 bits per heavy atom. The molecule has 0 unspecified atom stereocenters. The number of carbonyl (C=O) groups excluding carboxylic acids is 1. The van der Waals surface area contributed by atoms with Gasteiger partial charge in [-0.25, -0.2) is 12.8 Å². The van der Waals surface area contributed by atoms with Crippen LogP contribution in [0, 0.1) is 12.7 Å². The summed E-state index contributed by atoms with van der Waals surface area (Å²) in [4.78, 5) is 12.6. The van der Waals surface area contributed by atoms with Gasteiger partial charge in [0.1, 0.15) is 16.5 Å². The fourth-order valence-corrected chi connectivity index (χ4v) is 3.58. The molecule has 1 aliphatic heterocycles. The zero-order chi connectivity index (χ0) is 17.5. The number of hydrogen-bond donors (Lipinski definition) is 1. The molecule has 24 heavy (non-hydrogen) atoms. The van der Waals surface area contributed by atoms with Crippen molar-refractivity contribution in [2.45, 2.75) is 11.8 Å². The van der Waals surface area contributed by atoms with Crippen LogP contribution < -0.4 is 14.4 Å². The lowest BCUT2D eigenvalue weighted by atomic mass is 10.2. The molecule has 1 amide bonds. The summed E-state index contributed by atoms with van der Waals surface area (Å²) in [6, 6.07) is 8.38. The minimum atomic E-state index is -4.09. The third kappa shape index (κ3) is 2.92. The Labute approximate surface area is 138 Å². The molecule has 2 aromatic carbocycles. The van der Waals surface area contributed by atoms with Gasteiger partial charge in [-0.15, -0.1) is 0 Å². The van der Waals surface area contributed by atoms with E-state index in [0.29, 0.717) is 17.0 Å². The average molecular weight is 350 g/mol. The van der Waals surface area contributed by atoms with Crippen LogP contribution in [0.25, 0.3) is 0 Å². The van der Waals surface area contributed by atoms with E-state index in [1.165, 1.54) is 29.2 Å². The second kappa shape index (κ2) is 5.79. The number of anilines is 2. The first kappa shape index (κ1) is 16.3. The highest BCUT2D eigenvalue weighted by Gasteiger charge is 2.24. The van der Waals surface area contributed by atoms with Crippen LogP contribution in [0.2, 0.25) is 0 Å². The molecule has 0 bridgehead atoms. The molecule has 8 heteroatoms. The first-order valence-electron chi connectivity index (χ1n) is 7.10. The average Bonchev–Trinajstić information content (AvgIpc) is 2.53. The van der Waals surface area contributed by atoms with Gasteiger partial charge in [-0.2, -0.15) is 0 Å². The van der Waals surface area contributed by atoms with Crippen molar-refractivity contribution in [2.24, 2.45) is 0 Å². The van der Waals surface area contributed by atoms with E-state index < -0.39 is 20.7 Å². The molecule has 1 N–H and O–H groups in total. The van der Waals surface area contributed by atoms with Gasteiger partial charge in [-0.05, 0) is 42.8 Å². The molecule has 0 atom stereocenters. The highest BCUT2D eigenvalue weighted by molar-refractivity contribution is 7.92. The fourth-order valence-electron chi connectivity index (χ4n) is 2.36. The summed E-state index contributed by atoms with van der Waals surface area (Å²) >= 11 is 0. The fraction of sp³-hybridized carbons (Fsp3) is 0.188. The number of fused-ring (bicyclic) bond motifs is 1. The summed E-state index contributed by atoms with van der Waals surface area (Å²) in [6.07, 6.45) is 0. The molecule has 6 nitrogen and oxygen atoms in total. The molecule has 0 aromatic heterocycles. The third-order valence-corrected chi connectivity index (χ3v) is 5.07. The number of amides is 1. The van der Waals surface area contributed by atoms with Crippen LogP contribution in [0.3, 0.4) is 0 Å². The largest absolute Gasteiger partial charge is 0.482 e. The molecule has 0 saturated carbocycles. The number of halogens is 1. The van der Waals surface area contributed by atoms with Crippen molar-refractivity contribution in [3.63, 3.8) is 0 Å². The topological polar surface area (TPSA) is 75.7 Å². The predicted octanol–water partition coefficient (Wildman–Crippen LogP) is 2.29. The lowest BCUT2D eigenvalue weighted by molar-refractivity contribution is -0.120. The Bertz CT molecular complexity index is 928. The number of carbonyl (C=O) groups is 1.